The van der Waals surface area contributed by atoms with Crippen LogP contribution in [-0.2, 0) is 28.8 Å². The molecule has 30 heavy (non-hydrogen) atoms. The van der Waals surface area contributed by atoms with Crippen LogP contribution in [0, 0.1) is 5.82 Å². The van der Waals surface area contributed by atoms with Gasteiger partial charge in [-0.25, -0.2) is 13.9 Å². The van der Waals surface area contributed by atoms with Crippen molar-refractivity contribution in [2.75, 3.05) is 18.1 Å². The van der Waals surface area contributed by atoms with E-state index in [-0.39, 0.29) is 24.0 Å². The highest BCUT2D eigenvalue weighted by Gasteiger charge is 2.29. The molecule has 1 aliphatic carbocycles. The molecule has 0 N–H and O–H groups in total. The molecule has 0 atom stereocenters. The Morgan fingerprint density at radius 1 is 1.03 bits per heavy atom. The van der Waals surface area contributed by atoms with Gasteiger partial charge in [0.15, 0.2) is 12.3 Å². The third-order valence-electron chi connectivity index (χ3n) is 5.71. The Hall–Kier alpha value is -3.48. The molecule has 0 spiro atoms. The van der Waals surface area contributed by atoms with Crippen LogP contribution in [-0.4, -0.2) is 34.8 Å². The van der Waals surface area contributed by atoms with Crippen LogP contribution in [0.25, 0.3) is 5.69 Å². The van der Waals surface area contributed by atoms with Crippen LogP contribution in [0.4, 0.5) is 10.1 Å². The van der Waals surface area contributed by atoms with Crippen molar-refractivity contribution in [3.8, 4) is 5.69 Å². The van der Waals surface area contributed by atoms with Crippen LogP contribution in [0.2, 0.25) is 0 Å². The molecule has 5 rings (SSSR count). The summed E-state index contributed by atoms with van der Waals surface area (Å²) in [7, 11) is 0. The highest BCUT2D eigenvalue weighted by Crippen LogP contribution is 2.29. The van der Waals surface area contributed by atoms with Crippen LogP contribution in [0.3, 0.4) is 0 Å². The minimum atomic E-state index is -0.602. The molecule has 3 aromatic rings. The maximum Gasteiger partial charge on any atom is 0.359 e. The van der Waals surface area contributed by atoms with Gasteiger partial charge in [-0.3, -0.25) is 4.79 Å². The molecule has 1 aromatic heterocycles. The van der Waals surface area contributed by atoms with Gasteiger partial charge in [-0.1, -0.05) is 18.2 Å². The lowest BCUT2D eigenvalue weighted by Crippen LogP contribution is -2.33. The number of fused-ring (bicyclic) bond motifs is 2. The zero-order valence-electron chi connectivity index (χ0n) is 16.3. The Bertz CT molecular complexity index is 1140. The van der Waals surface area contributed by atoms with Crippen LogP contribution in [0.1, 0.15) is 33.7 Å². The summed E-state index contributed by atoms with van der Waals surface area (Å²) < 4.78 is 20.3. The number of carbonyl (C=O) groups excluding carboxylic acids is 2. The number of amides is 1. The predicted octanol–water partition coefficient (Wildman–Crippen LogP) is 3.25. The summed E-state index contributed by atoms with van der Waals surface area (Å²) in [6.07, 6.45) is 3.23. The number of hydrogen-bond donors (Lipinski definition) is 0. The highest BCUT2D eigenvalue weighted by atomic mass is 19.1. The first kappa shape index (κ1) is 18.5. The first-order valence-corrected chi connectivity index (χ1v) is 10.0. The van der Waals surface area contributed by atoms with Crippen LogP contribution in [0.5, 0.6) is 0 Å². The molecular formula is C23H20FN3O3. The summed E-state index contributed by atoms with van der Waals surface area (Å²) in [5.41, 5.74) is 4.71. The molecule has 1 amide bonds. The Kier molecular flexibility index (Phi) is 4.58. The van der Waals surface area contributed by atoms with Crippen LogP contribution >= 0.6 is 0 Å². The minimum absolute atomic E-state index is 0.237. The molecule has 7 heteroatoms. The number of rotatable bonds is 4. The van der Waals surface area contributed by atoms with E-state index < -0.39 is 5.97 Å². The summed E-state index contributed by atoms with van der Waals surface area (Å²) in [5, 5.41) is 4.44. The van der Waals surface area contributed by atoms with Gasteiger partial charge >= 0.3 is 5.97 Å². The number of para-hydroxylation sites is 1. The third kappa shape index (κ3) is 3.16. The molecule has 0 saturated heterocycles. The largest absolute Gasteiger partial charge is 0.451 e. The number of benzene rings is 2. The lowest BCUT2D eigenvalue weighted by Gasteiger charge is -2.17. The van der Waals surface area contributed by atoms with Gasteiger partial charge in [-0.2, -0.15) is 5.10 Å². The van der Waals surface area contributed by atoms with E-state index in [1.807, 2.05) is 24.3 Å². The molecular weight excluding hydrogens is 385 g/mol. The fourth-order valence-electron chi connectivity index (χ4n) is 4.27. The van der Waals surface area contributed by atoms with Crippen LogP contribution < -0.4 is 4.90 Å². The summed E-state index contributed by atoms with van der Waals surface area (Å²) in [6, 6.07) is 13.7. The first-order chi connectivity index (χ1) is 14.6. The van der Waals surface area contributed by atoms with E-state index in [0.717, 1.165) is 48.2 Å². The number of carbonyl (C=O) groups is 2. The van der Waals surface area contributed by atoms with E-state index in [4.69, 9.17) is 4.74 Å². The van der Waals surface area contributed by atoms with Gasteiger partial charge in [0.2, 0.25) is 0 Å². The second-order valence-corrected chi connectivity index (χ2v) is 7.52. The number of esters is 1. The van der Waals surface area contributed by atoms with E-state index in [1.54, 1.807) is 21.7 Å². The second-order valence-electron chi connectivity index (χ2n) is 7.52. The molecule has 0 radical (unpaired) electrons. The standard InChI is InChI=1S/C23H20FN3O3/c24-16-8-10-17(11-9-16)27-20-7-3-5-18(20)22(25-27)23(29)30-14-21(28)26-13-12-15-4-1-2-6-19(15)26/h1-2,4,6,8-11H,3,5,7,12-14H2. The number of ether oxygens (including phenoxy) is 1. The molecule has 0 unspecified atom stereocenters. The lowest BCUT2D eigenvalue weighted by molar-refractivity contribution is -0.121. The lowest BCUT2D eigenvalue weighted by atomic mass is 10.2. The van der Waals surface area contributed by atoms with Crippen molar-refractivity contribution in [2.24, 2.45) is 0 Å². The van der Waals surface area contributed by atoms with Crippen molar-refractivity contribution in [2.45, 2.75) is 25.7 Å². The number of nitrogens with zero attached hydrogens (tertiary/aromatic N) is 3. The fourth-order valence-corrected chi connectivity index (χ4v) is 4.27. The monoisotopic (exact) mass is 405 g/mol. The summed E-state index contributed by atoms with van der Waals surface area (Å²) in [4.78, 5) is 27.0. The number of halogens is 1. The molecule has 6 nitrogen and oxygen atoms in total. The summed E-state index contributed by atoms with van der Waals surface area (Å²) in [6.45, 7) is 0.260. The molecule has 0 saturated carbocycles. The van der Waals surface area contributed by atoms with Crippen molar-refractivity contribution >= 4 is 17.6 Å². The van der Waals surface area contributed by atoms with E-state index in [0.29, 0.717) is 12.2 Å². The van der Waals surface area contributed by atoms with Gasteiger partial charge < -0.3 is 9.64 Å². The van der Waals surface area contributed by atoms with E-state index >= 15 is 0 Å². The molecule has 0 fully saturated rings. The maximum absolute atomic E-state index is 13.3. The van der Waals surface area contributed by atoms with Gasteiger partial charge in [-0.05, 0) is 61.6 Å². The average molecular weight is 405 g/mol. The summed E-state index contributed by atoms with van der Waals surface area (Å²) >= 11 is 0. The number of anilines is 1. The number of hydrogen-bond acceptors (Lipinski definition) is 4. The van der Waals surface area contributed by atoms with Crippen molar-refractivity contribution in [3.05, 3.63) is 76.9 Å². The molecule has 1 aliphatic heterocycles. The highest BCUT2D eigenvalue weighted by molar-refractivity contribution is 5.98. The Morgan fingerprint density at radius 2 is 1.83 bits per heavy atom. The molecule has 2 aliphatic rings. The van der Waals surface area contributed by atoms with Gasteiger partial charge in [-0.15, -0.1) is 0 Å². The normalized spacial score (nSPS) is 14.5. The first-order valence-electron chi connectivity index (χ1n) is 10.0. The van der Waals surface area contributed by atoms with E-state index in [2.05, 4.69) is 5.10 Å². The second kappa shape index (κ2) is 7.40. The quantitative estimate of drug-likeness (QED) is 0.625. The molecule has 152 valence electrons. The molecule has 0 bridgehead atoms. The average Bonchev–Trinajstić information content (AvgIpc) is 3.47. The maximum atomic E-state index is 13.3. The van der Waals surface area contributed by atoms with Gasteiger partial charge in [0.25, 0.3) is 5.91 Å². The smallest absolute Gasteiger partial charge is 0.359 e. The topological polar surface area (TPSA) is 64.4 Å². The van der Waals surface area contributed by atoms with Crippen molar-refractivity contribution in [1.29, 1.82) is 0 Å². The minimum Gasteiger partial charge on any atom is -0.451 e. The zero-order chi connectivity index (χ0) is 20.7. The van der Waals surface area contributed by atoms with Crippen molar-refractivity contribution in [1.82, 2.24) is 9.78 Å². The van der Waals surface area contributed by atoms with E-state index in [1.165, 1.54) is 12.1 Å². The Morgan fingerprint density at radius 3 is 2.67 bits per heavy atom. The molecule has 2 heterocycles. The van der Waals surface area contributed by atoms with Gasteiger partial charge in [0, 0.05) is 23.5 Å². The van der Waals surface area contributed by atoms with Gasteiger partial charge in [0.05, 0.1) is 5.69 Å². The Labute approximate surface area is 172 Å². The van der Waals surface area contributed by atoms with Gasteiger partial charge in [0.1, 0.15) is 5.82 Å². The number of aromatic nitrogens is 2. The summed E-state index contributed by atoms with van der Waals surface area (Å²) in [5.74, 6) is -1.18. The van der Waals surface area contributed by atoms with Crippen molar-refractivity contribution < 1.29 is 18.7 Å². The molecule has 2 aromatic carbocycles. The van der Waals surface area contributed by atoms with Crippen molar-refractivity contribution in [3.63, 3.8) is 0 Å². The third-order valence-corrected chi connectivity index (χ3v) is 5.71. The Balaban J connectivity index is 1.33. The van der Waals surface area contributed by atoms with Crippen LogP contribution in [0.15, 0.2) is 48.5 Å². The van der Waals surface area contributed by atoms with E-state index in [9.17, 15) is 14.0 Å². The zero-order valence-corrected chi connectivity index (χ0v) is 16.3. The fraction of sp³-hybridized carbons (Fsp3) is 0.261. The predicted molar refractivity (Wildman–Crippen MR) is 108 cm³/mol. The SMILES string of the molecule is O=C(OCC(=O)N1CCc2ccccc21)c1nn(-c2ccc(F)cc2)c2c1CCC2.